The molecular weight excluding hydrogens is 248 g/mol. The van der Waals surface area contributed by atoms with Crippen molar-refractivity contribution in [2.75, 3.05) is 35.8 Å². The van der Waals surface area contributed by atoms with Gasteiger partial charge in [0.25, 0.3) is 0 Å². The topological polar surface area (TPSA) is 59.1 Å². The molecule has 1 aliphatic rings. The van der Waals surface area contributed by atoms with Crippen LogP contribution in [0.3, 0.4) is 0 Å². The molecule has 5 nitrogen and oxygen atoms in total. The normalized spacial score (nSPS) is 19.3. The minimum atomic E-state index is 0.474. The molecule has 0 radical (unpaired) electrons. The zero-order valence-corrected chi connectivity index (χ0v) is 11.7. The van der Waals surface area contributed by atoms with E-state index in [2.05, 4.69) is 20.6 Å². The fourth-order valence-corrected chi connectivity index (χ4v) is 3.08. The Morgan fingerprint density at radius 3 is 2.94 bits per heavy atom. The number of rotatable bonds is 5. The van der Waals surface area contributed by atoms with Crippen LogP contribution >= 0.6 is 11.8 Å². The highest BCUT2D eigenvalue weighted by molar-refractivity contribution is 7.99. The molecule has 18 heavy (non-hydrogen) atoms. The van der Waals surface area contributed by atoms with E-state index in [1.165, 1.54) is 18.6 Å². The Morgan fingerprint density at radius 1 is 1.44 bits per heavy atom. The number of anilines is 2. The van der Waals surface area contributed by atoms with Crippen LogP contribution in [0.4, 0.5) is 11.6 Å². The van der Waals surface area contributed by atoms with Gasteiger partial charge in [-0.05, 0) is 25.5 Å². The zero-order valence-electron chi connectivity index (χ0n) is 10.9. The number of ether oxygens (including phenoxy) is 1. The van der Waals surface area contributed by atoms with Crippen LogP contribution in [0.25, 0.3) is 0 Å². The van der Waals surface area contributed by atoms with E-state index < -0.39 is 0 Å². The van der Waals surface area contributed by atoms with Crippen molar-refractivity contribution >= 4 is 23.4 Å². The second kappa shape index (κ2) is 6.68. The van der Waals surface area contributed by atoms with Crippen molar-refractivity contribution < 1.29 is 4.74 Å². The quantitative estimate of drug-likeness (QED) is 0.854. The van der Waals surface area contributed by atoms with Gasteiger partial charge < -0.3 is 15.4 Å². The molecule has 1 aromatic heterocycles. The predicted molar refractivity (Wildman–Crippen MR) is 76.7 cm³/mol. The first kappa shape index (κ1) is 13.3. The van der Waals surface area contributed by atoms with Gasteiger partial charge in [-0.3, -0.25) is 0 Å². The molecule has 0 aliphatic carbocycles. The molecule has 1 atom stereocenters. The van der Waals surface area contributed by atoms with Crippen LogP contribution in [-0.4, -0.2) is 41.2 Å². The Hall–Kier alpha value is -1.17. The molecular formula is C12H20N4OS. The second-order valence-corrected chi connectivity index (χ2v) is 5.34. The van der Waals surface area contributed by atoms with Gasteiger partial charge in [-0.15, -0.1) is 0 Å². The molecule has 2 rings (SSSR count). The number of methoxy groups -OCH3 is 1. The van der Waals surface area contributed by atoms with E-state index in [-0.39, 0.29) is 0 Å². The van der Waals surface area contributed by atoms with Crippen LogP contribution in [0.1, 0.15) is 19.8 Å². The SMILES string of the molecule is CCNc1ncnc(NC2CCCSC2)c1OC. The molecule has 2 N–H and O–H groups in total. The van der Waals surface area contributed by atoms with Crippen molar-refractivity contribution in [3.63, 3.8) is 0 Å². The number of hydrogen-bond acceptors (Lipinski definition) is 6. The summed E-state index contributed by atoms with van der Waals surface area (Å²) in [6, 6.07) is 0.474. The minimum Gasteiger partial charge on any atom is -0.490 e. The van der Waals surface area contributed by atoms with Crippen molar-refractivity contribution in [2.45, 2.75) is 25.8 Å². The third-order valence-corrected chi connectivity index (χ3v) is 4.07. The Bertz CT molecular complexity index is 382. The molecule has 2 heterocycles. The maximum Gasteiger partial charge on any atom is 0.204 e. The van der Waals surface area contributed by atoms with E-state index in [0.717, 1.165) is 23.9 Å². The van der Waals surface area contributed by atoms with E-state index in [4.69, 9.17) is 4.74 Å². The maximum atomic E-state index is 5.41. The lowest BCUT2D eigenvalue weighted by atomic mass is 10.2. The molecule has 0 saturated carbocycles. The van der Waals surface area contributed by atoms with Crippen LogP contribution < -0.4 is 15.4 Å². The highest BCUT2D eigenvalue weighted by Crippen LogP contribution is 2.30. The lowest BCUT2D eigenvalue weighted by Crippen LogP contribution is -2.26. The molecule has 6 heteroatoms. The fraction of sp³-hybridized carbons (Fsp3) is 0.667. The van der Waals surface area contributed by atoms with Crippen molar-refractivity contribution in [1.82, 2.24) is 9.97 Å². The van der Waals surface area contributed by atoms with Crippen LogP contribution in [0.2, 0.25) is 0 Å². The van der Waals surface area contributed by atoms with E-state index in [1.54, 1.807) is 13.4 Å². The summed E-state index contributed by atoms with van der Waals surface area (Å²) in [6.45, 7) is 2.85. The Kier molecular flexibility index (Phi) is 4.92. The Balaban J connectivity index is 2.12. The van der Waals surface area contributed by atoms with Gasteiger partial charge in [0, 0.05) is 18.3 Å². The van der Waals surface area contributed by atoms with Crippen molar-refractivity contribution in [3.8, 4) is 5.75 Å². The van der Waals surface area contributed by atoms with Crippen LogP contribution in [0.15, 0.2) is 6.33 Å². The second-order valence-electron chi connectivity index (χ2n) is 4.19. The van der Waals surface area contributed by atoms with E-state index in [1.807, 2.05) is 18.7 Å². The lowest BCUT2D eigenvalue weighted by Gasteiger charge is -2.24. The van der Waals surface area contributed by atoms with E-state index >= 15 is 0 Å². The zero-order chi connectivity index (χ0) is 12.8. The largest absolute Gasteiger partial charge is 0.490 e. The minimum absolute atomic E-state index is 0.474. The maximum absolute atomic E-state index is 5.41. The van der Waals surface area contributed by atoms with Crippen LogP contribution in [-0.2, 0) is 0 Å². The van der Waals surface area contributed by atoms with Gasteiger partial charge in [0.2, 0.25) is 5.75 Å². The lowest BCUT2D eigenvalue weighted by molar-refractivity contribution is 0.414. The number of nitrogens with zero attached hydrogens (tertiary/aromatic N) is 2. The molecule has 100 valence electrons. The van der Waals surface area contributed by atoms with Crippen molar-refractivity contribution in [1.29, 1.82) is 0 Å². The first-order valence-electron chi connectivity index (χ1n) is 6.32. The molecule has 0 aromatic carbocycles. The highest BCUT2D eigenvalue weighted by Gasteiger charge is 2.18. The first-order valence-corrected chi connectivity index (χ1v) is 7.47. The number of nitrogens with one attached hydrogen (secondary N) is 2. The van der Waals surface area contributed by atoms with Gasteiger partial charge >= 0.3 is 0 Å². The van der Waals surface area contributed by atoms with Crippen LogP contribution in [0.5, 0.6) is 5.75 Å². The Morgan fingerprint density at radius 2 is 2.28 bits per heavy atom. The predicted octanol–water partition coefficient (Wildman–Crippen LogP) is 2.22. The highest BCUT2D eigenvalue weighted by atomic mass is 32.2. The molecule has 1 fully saturated rings. The van der Waals surface area contributed by atoms with Gasteiger partial charge in [-0.2, -0.15) is 11.8 Å². The summed E-state index contributed by atoms with van der Waals surface area (Å²) in [5.74, 6) is 4.64. The summed E-state index contributed by atoms with van der Waals surface area (Å²) in [5.41, 5.74) is 0. The monoisotopic (exact) mass is 268 g/mol. The molecule has 1 aliphatic heterocycles. The van der Waals surface area contributed by atoms with E-state index in [0.29, 0.717) is 11.8 Å². The molecule has 1 aromatic rings. The summed E-state index contributed by atoms with van der Waals surface area (Å²) in [6.07, 6.45) is 4.02. The summed E-state index contributed by atoms with van der Waals surface area (Å²) in [4.78, 5) is 8.49. The molecule has 1 unspecified atom stereocenters. The van der Waals surface area contributed by atoms with E-state index in [9.17, 15) is 0 Å². The summed E-state index contributed by atoms with van der Waals surface area (Å²) in [7, 11) is 1.65. The summed E-state index contributed by atoms with van der Waals surface area (Å²) in [5, 5.41) is 6.65. The number of thioether (sulfide) groups is 1. The number of aromatic nitrogens is 2. The molecule has 0 amide bonds. The van der Waals surface area contributed by atoms with Crippen molar-refractivity contribution in [2.24, 2.45) is 0 Å². The van der Waals surface area contributed by atoms with Gasteiger partial charge in [0.05, 0.1) is 7.11 Å². The third-order valence-electron chi connectivity index (χ3n) is 2.85. The number of hydrogen-bond donors (Lipinski definition) is 2. The third kappa shape index (κ3) is 3.19. The summed E-state index contributed by atoms with van der Waals surface area (Å²) >= 11 is 1.99. The van der Waals surface area contributed by atoms with Crippen molar-refractivity contribution in [3.05, 3.63) is 6.33 Å². The van der Waals surface area contributed by atoms with Crippen LogP contribution in [0, 0.1) is 0 Å². The standard InChI is InChI=1S/C12H20N4OS/c1-3-13-11-10(17-2)12(15-8-14-11)16-9-5-4-6-18-7-9/h8-9H,3-7H2,1-2H3,(H2,13,14,15,16). The van der Waals surface area contributed by atoms with Gasteiger partial charge in [0.1, 0.15) is 6.33 Å². The molecule has 0 spiro atoms. The van der Waals surface area contributed by atoms with Gasteiger partial charge in [0.15, 0.2) is 11.6 Å². The average Bonchev–Trinajstić information content (AvgIpc) is 2.41. The first-order chi connectivity index (χ1) is 8.85. The average molecular weight is 268 g/mol. The Labute approximate surface area is 112 Å². The van der Waals surface area contributed by atoms with Gasteiger partial charge in [-0.25, -0.2) is 9.97 Å². The molecule has 1 saturated heterocycles. The smallest absolute Gasteiger partial charge is 0.204 e. The molecule has 0 bridgehead atoms. The van der Waals surface area contributed by atoms with Gasteiger partial charge in [-0.1, -0.05) is 0 Å². The fourth-order valence-electron chi connectivity index (χ4n) is 2.01. The summed E-state index contributed by atoms with van der Waals surface area (Å²) < 4.78 is 5.41.